The summed E-state index contributed by atoms with van der Waals surface area (Å²) >= 11 is 1.13. The van der Waals surface area contributed by atoms with Gasteiger partial charge in [-0.15, -0.1) is 0 Å². The largest absolute Gasteiger partial charge is 0.494 e. The maximum Gasteiger partial charge on any atom is 0.330 e. The molecule has 4 aromatic carbocycles. The smallest absolute Gasteiger partial charge is 0.330 e. The lowest BCUT2D eigenvalue weighted by molar-refractivity contribution is -0.139. The van der Waals surface area contributed by atoms with Gasteiger partial charge in [-0.3, -0.25) is 4.79 Å². The van der Waals surface area contributed by atoms with Crippen molar-refractivity contribution in [2.24, 2.45) is 0 Å². The molecule has 0 unspecified atom stereocenters. The van der Waals surface area contributed by atoms with Gasteiger partial charge in [0.1, 0.15) is 24.7 Å². The molecule has 0 aliphatic carbocycles. The number of carbonyl (C=O) groups is 3. The topological polar surface area (TPSA) is 88.1 Å². The number of esters is 2. The average molecular weight is 671 g/mol. The number of unbranched alkanes of at least 4 members (excludes halogenated alkanes) is 1. The van der Waals surface area contributed by atoms with Crippen LogP contribution in [0.3, 0.4) is 0 Å². The number of carbonyl (C=O) groups excluding carboxylic acids is 3. The van der Waals surface area contributed by atoms with E-state index >= 15 is 0 Å². The van der Waals surface area contributed by atoms with Gasteiger partial charge in [0, 0.05) is 44.9 Å². The van der Waals surface area contributed by atoms with Crippen LogP contribution in [0.25, 0.3) is 0 Å². The van der Waals surface area contributed by atoms with Crippen LogP contribution in [0.15, 0.2) is 127 Å². The van der Waals surface area contributed by atoms with E-state index in [2.05, 4.69) is 36.8 Å². The van der Waals surface area contributed by atoms with Crippen molar-refractivity contribution >= 4 is 28.8 Å². The number of hydrogen-bond donors (Lipinski definition) is 0. The molecule has 0 aromatic heterocycles. The molecule has 49 heavy (non-hydrogen) atoms. The van der Waals surface area contributed by atoms with E-state index < -0.39 is 11.9 Å². The Hall–Kier alpha value is -5.96. The van der Waals surface area contributed by atoms with Crippen molar-refractivity contribution in [2.45, 2.75) is 17.7 Å². The van der Waals surface area contributed by atoms with E-state index in [1.165, 1.54) is 0 Å². The molecule has 0 amide bonds. The molecule has 0 N–H and O–H groups in total. The minimum atomic E-state index is -0.495. The van der Waals surface area contributed by atoms with E-state index in [0.717, 1.165) is 69.7 Å². The van der Waals surface area contributed by atoms with Gasteiger partial charge >= 0.3 is 11.9 Å². The highest BCUT2D eigenvalue weighted by molar-refractivity contribution is 8.14. The van der Waals surface area contributed by atoms with E-state index in [1.807, 2.05) is 60.7 Å². The summed E-state index contributed by atoms with van der Waals surface area (Å²) in [7, 11) is 0. The summed E-state index contributed by atoms with van der Waals surface area (Å²) in [5.74, 6) is 13.1. The molecule has 0 spiro atoms. The van der Waals surface area contributed by atoms with Crippen LogP contribution in [0, 0.1) is 23.7 Å². The first-order chi connectivity index (χ1) is 23.9. The maximum absolute atomic E-state index is 12.8. The molecule has 0 bridgehead atoms. The summed E-state index contributed by atoms with van der Waals surface area (Å²) in [6.45, 7) is 7.93. The Morgan fingerprint density at radius 1 is 0.531 bits per heavy atom. The third-order valence-corrected chi connectivity index (χ3v) is 7.51. The Balaban J connectivity index is 1.20. The van der Waals surface area contributed by atoms with Crippen molar-refractivity contribution in [3.05, 3.63) is 150 Å². The van der Waals surface area contributed by atoms with Crippen molar-refractivity contribution in [1.82, 2.24) is 0 Å². The first-order valence-electron chi connectivity index (χ1n) is 15.4. The van der Waals surface area contributed by atoms with Crippen molar-refractivity contribution < 1.29 is 33.3 Å². The van der Waals surface area contributed by atoms with Crippen LogP contribution >= 0.6 is 11.8 Å². The van der Waals surface area contributed by atoms with Crippen LogP contribution in [-0.4, -0.2) is 43.5 Å². The zero-order chi connectivity index (χ0) is 34.7. The first kappa shape index (κ1) is 35.9. The summed E-state index contributed by atoms with van der Waals surface area (Å²) in [5, 5.41) is -0.0806. The molecule has 0 atom stereocenters. The van der Waals surface area contributed by atoms with Crippen LogP contribution in [0.4, 0.5) is 0 Å². The van der Waals surface area contributed by atoms with E-state index in [1.54, 1.807) is 36.4 Å². The number of thioether (sulfide) groups is 1. The van der Waals surface area contributed by atoms with Crippen molar-refractivity contribution in [3.63, 3.8) is 0 Å². The monoisotopic (exact) mass is 670 g/mol. The summed E-state index contributed by atoms with van der Waals surface area (Å²) < 4.78 is 21.1. The molecule has 7 nitrogen and oxygen atoms in total. The summed E-state index contributed by atoms with van der Waals surface area (Å²) in [6, 6.07) is 29.6. The van der Waals surface area contributed by atoms with Crippen LogP contribution in [-0.2, 0) is 19.1 Å². The molecule has 0 radical (unpaired) electrons. The Morgan fingerprint density at radius 3 is 1.45 bits per heavy atom. The van der Waals surface area contributed by atoms with Gasteiger partial charge in [-0.2, -0.15) is 0 Å². The number of benzene rings is 4. The molecule has 0 aliphatic heterocycles. The van der Waals surface area contributed by atoms with E-state index in [9.17, 15) is 14.4 Å². The van der Waals surface area contributed by atoms with E-state index in [0.29, 0.717) is 24.5 Å². The lowest BCUT2D eigenvalue weighted by atomic mass is 10.1. The van der Waals surface area contributed by atoms with Gasteiger partial charge in [0.2, 0.25) is 5.12 Å². The third-order valence-electron chi connectivity index (χ3n) is 6.58. The molecule has 0 heterocycles. The highest BCUT2D eigenvalue weighted by atomic mass is 32.2. The van der Waals surface area contributed by atoms with Crippen molar-refractivity contribution in [3.8, 4) is 35.2 Å². The zero-order valence-corrected chi connectivity index (χ0v) is 27.6. The predicted octanol–water partition coefficient (Wildman–Crippen LogP) is 7.41. The minimum absolute atomic E-state index is 0.0806. The molecule has 4 aromatic rings. The first-order valence-corrected chi connectivity index (χ1v) is 16.2. The van der Waals surface area contributed by atoms with Crippen LogP contribution in [0.2, 0.25) is 0 Å². The fourth-order valence-electron chi connectivity index (χ4n) is 4.01. The quantitative estimate of drug-likeness (QED) is 0.0451. The standard InChI is InChI=1S/C41H34O7S/c1-3-39(42)47-28-6-5-27-45-36-21-17-34(18-22-36)14-12-32-9-7-31(8-10-32)11-13-33-15-19-35(20-16-33)41(44)49-38-25-23-37(24-26-38)46-29-30-48-40(43)4-2/h3-4,7-10,15-26H,1-2,5-6,27-30H2. The lowest BCUT2D eigenvalue weighted by Gasteiger charge is -2.07. The molecule has 246 valence electrons. The van der Waals surface area contributed by atoms with Crippen molar-refractivity contribution in [1.29, 1.82) is 0 Å². The molecule has 0 saturated carbocycles. The molecule has 8 heteroatoms. The SMILES string of the molecule is C=CC(=O)OCCCCOc1ccc(C#Cc2ccc(C#Cc3ccc(C(=O)Sc4ccc(OCCOC(=O)C=C)cc4)cc3)cc2)cc1. The molecule has 0 aliphatic rings. The predicted molar refractivity (Wildman–Crippen MR) is 190 cm³/mol. The normalized spacial score (nSPS) is 9.88. The van der Waals surface area contributed by atoms with Gasteiger partial charge in [0.15, 0.2) is 0 Å². The second kappa shape index (κ2) is 19.6. The molecular formula is C41H34O7S. The van der Waals surface area contributed by atoms with Crippen molar-refractivity contribution in [2.75, 3.05) is 26.4 Å². The number of ether oxygens (including phenoxy) is 4. The highest BCUT2D eigenvalue weighted by Crippen LogP contribution is 2.25. The Kier molecular flexibility index (Phi) is 14.4. The summed E-state index contributed by atoms with van der Waals surface area (Å²) in [6.07, 6.45) is 3.75. The number of rotatable bonds is 14. The second-order valence-electron chi connectivity index (χ2n) is 10.2. The van der Waals surface area contributed by atoms with Gasteiger partial charge in [-0.05, 0) is 122 Å². The van der Waals surface area contributed by atoms with Gasteiger partial charge < -0.3 is 18.9 Å². The van der Waals surface area contributed by atoms with Crippen LogP contribution in [0.1, 0.15) is 45.5 Å². The fraction of sp³-hybridized carbons (Fsp3) is 0.146. The average Bonchev–Trinajstić information content (AvgIpc) is 3.14. The zero-order valence-electron chi connectivity index (χ0n) is 26.8. The maximum atomic E-state index is 12.8. The Morgan fingerprint density at radius 2 is 0.939 bits per heavy atom. The molecule has 0 fully saturated rings. The Bertz CT molecular complexity index is 1850. The molecule has 0 saturated heterocycles. The fourth-order valence-corrected chi connectivity index (χ4v) is 4.75. The van der Waals surface area contributed by atoms with E-state index in [-0.39, 0.29) is 18.3 Å². The van der Waals surface area contributed by atoms with Gasteiger partial charge in [-0.25, -0.2) is 9.59 Å². The van der Waals surface area contributed by atoms with E-state index in [4.69, 9.17) is 18.9 Å². The Labute approximate surface area is 290 Å². The minimum Gasteiger partial charge on any atom is -0.494 e. The van der Waals surface area contributed by atoms with Crippen LogP contribution in [0.5, 0.6) is 11.5 Å². The third kappa shape index (κ3) is 13.0. The van der Waals surface area contributed by atoms with Gasteiger partial charge in [0.25, 0.3) is 0 Å². The van der Waals surface area contributed by atoms with Crippen LogP contribution < -0.4 is 9.47 Å². The highest BCUT2D eigenvalue weighted by Gasteiger charge is 2.08. The molecular weight excluding hydrogens is 637 g/mol. The summed E-state index contributed by atoms with van der Waals surface area (Å²) in [5.41, 5.74) is 3.97. The summed E-state index contributed by atoms with van der Waals surface area (Å²) in [4.78, 5) is 35.7. The number of hydrogen-bond acceptors (Lipinski definition) is 8. The lowest BCUT2D eigenvalue weighted by Crippen LogP contribution is -2.10. The molecule has 4 rings (SSSR count). The van der Waals surface area contributed by atoms with Gasteiger partial charge in [-0.1, -0.05) is 36.8 Å². The van der Waals surface area contributed by atoms with Gasteiger partial charge in [0.05, 0.1) is 13.2 Å². The second-order valence-corrected chi connectivity index (χ2v) is 11.2.